The number of H-pyrrole nitrogens is 1. The van der Waals surface area contributed by atoms with E-state index in [-0.39, 0.29) is 0 Å². The van der Waals surface area contributed by atoms with E-state index >= 15 is 0 Å². The second-order valence-corrected chi connectivity index (χ2v) is 3.60. The lowest BCUT2D eigenvalue weighted by molar-refractivity contribution is -0.128. The van der Waals surface area contributed by atoms with Gasteiger partial charge >= 0.3 is 0 Å². The van der Waals surface area contributed by atoms with Crippen molar-refractivity contribution >= 4 is 17.4 Å². The summed E-state index contributed by atoms with van der Waals surface area (Å²) >= 11 is 0. The lowest BCUT2D eigenvalue weighted by Gasteiger charge is -1.95. The molecule has 0 atom stereocenters. The fourth-order valence-electron chi connectivity index (χ4n) is 1.65. The van der Waals surface area contributed by atoms with Crippen molar-refractivity contribution in [2.45, 2.75) is 13.3 Å². The maximum absolute atomic E-state index is 9.98. The Bertz CT molecular complexity index is 473. The predicted molar refractivity (Wildman–Crippen MR) is 58.8 cm³/mol. The SMILES string of the molecule is Cc1ccc2cc(CCOC=O)[nH]c2c1. The maximum atomic E-state index is 9.98. The average molecular weight is 203 g/mol. The van der Waals surface area contributed by atoms with Crippen molar-refractivity contribution in [2.24, 2.45) is 0 Å². The third-order valence-electron chi connectivity index (χ3n) is 2.39. The topological polar surface area (TPSA) is 42.1 Å². The Morgan fingerprint density at radius 3 is 3.07 bits per heavy atom. The van der Waals surface area contributed by atoms with Crippen LogP contribution < -0.4 is 0 Å². The van der Waals surface area contributed by atoms with Crippen LogP contribution in [0.4, 0.5) is 0 Å². The number of rotatable bonds is 4. The van der Waals surface area contributed by atoms with E-state index in [1.54, 1.807) is 0 Å². The molecule has 1 heterocycles. The first-order chi connectivity index (χ1) is 7.29. The number of hydrogen-bond acceptors (Lipinski definition) is 2. The number of ether oxygens (including phenoxy) is 1. The van der Waals surface area contributed by atoms with Gasteiger partial charge in [-0.05, 0) is 30.0 Å². The van der Waals surface area contributed by atoms with Gasteiger partial charge < -0.3 is 9.72 Å². The highest BCUT2D eigenvalue weighted by atomic mass is 16.5. The molecular formula is C12H13NO2. The Labute approximate surface area is 88.1 Å². The summed E-state index contributed by atoms with van der Waals surface area (Å²) in [5.41, 5.74) is 3.47. The minimum atomic E-state index is 0.426. The van der Waals surface area contributed by atoms with Crippen LogP contribution in [0.2, 0.25) is 0 Å². The zero-order valence-corrected chi connectivity index (χ0v) is 8.62. The molecule has 0 aliphatic carbocycles. The summed E-state index contributed by atoms with van der Waals surface area (Å²) in [6.45, 7) is 2.97. The van der Waals surface area contributed by atoms with Gasteiger partial charge in [0.05, 0.1) is 6.61 Å². The first-order valence-electron chi connectivity index (χ1n) is 4.93. The van der Waals surface area contributed by atoms with Gasteiger partial charge in [0.15, 0.2) is 0 Å². The van der Waals surface area contributed by atoms with Gasteiger partial charge in [-0.25, -0.2) is 0 Å². The van der Waals surface area contributed by atoms with Crippen molar-refractivity contribution in [2.75, 3.05) is 6.61 Å². The van der Waals surface area contributed by atoms with Crippen LogP contribution in [-0.2, 0) is 16.0 Å². The van der Waals surface area contributed by atoms with Crippen molar-refractivity contribution in [3.8, 4) is 0 Å². The second-order valence-electron chi connectivity index (χ2n) is 3.60. The van der Waals surface area contributed by atoms with Crippen LogP contribution in [0.5, 0.6) is 0 Å². The summed E-state index contributed by atoms with van der Waals surface area (Å²) in [4.78, 5) is 13.3. The van der Waals surface area contributed by atoms with Crippen LogP contribution in [0.25, 0.3) is 10.9 Å². The highest BCUT2D eigenvalue weighted by Crippen LogP contribution is 2.16. The largest absolute Gasteiger partial charge is 0.467 e. The molecule has 78 valence electrons. The number of carbonyl (C=O) groups is 1. The van der Waals surface area contributed by atoms with E-state index in [2.05, 4.69) is 40.9 Å². The lowest BCUT2D eigenvalue weighted by Crippen LogP contribution is -1.96. The Morgan fingerprint density at radius 1 is 1.40 bits per heavy atom. The molecular weight excluding hydrogens is 190 g/mol. The lowest BCUT2D eigenvalue weighted by atomic mass is 10.2. The Hall–Kier alpha value is -1.77. The van der Waals surface area contributed by atoms with Gasteiger partial charge in [-0.2, -0.15) is 0 Å². The first kappa shape index (κ1) is 9.77. The van der Waals surface area contributed by atoms with Gasteiger partial charge in [0, 0.05) is 17.6 Å². The molecule has 0 unspecified atom stereocenters. The van der Waals surface area contributed by atoms with Gasteiger partial charge in [-0.15, -0.1) is 0 Å². The number of aromatic nitrogens is 1. The number of aryl methyl sites for hydroxylation is 1. The van der Waals surface area contributed by atoms with E-state index in [0.717, 1.165) is 17.6 Å². The third-order valence-corrected chi connectivity index (χ3v) is 2.39. The molecule has 1 aromatic heterocycles. The molecule has 0 spiro atoms. The zero-order chi connectivity index (χ0) is 10.7. The van der Waals surface area contributed by atoms with E-state index in [0.29, 0.717) is 13.1 Å². The molecule has 0 aliphatic rings. The molecule has 3 heteroatoms. The highest BCUT2D eigenvalue weighted by Gasteiger charge is 2.00. The van der Waals surface area contributed by atoms with Gasteiger partial charge in [0.25, 0.3) is 6.47 Å². The standard InChI is InChI=1S/C12H13NO2/c1-9-2-3-10-7-11(4-5-15-8-14)13-12(10)6-9/h2-3,6-8,13H,4-5H2,1H3. The second kappa shape index (κ2) is 4.17. The van der Waals surface area contributed by atoms with Crippen LogP contribution in [0.15, 0.2) is 24.3 Å². The van der Waals surface area contributed by atoms with E-state index in [1.807, 2.05) is 0 Å². The van der Waals surface area contributed by atoms with Crippen molar-refractivity contribution in [3.63, 3.8) is 0 Å². The fourth-order valence-corrected chi connectivity index (χ4v) is 1.65. The highest BCUT2D eigenvalue weighted by molar-refractivity contribution is 5.81. The quantitative estimate of drug-likeness (QED) is 0.611. The number of hydrogen-bond donors (Lipinski definition) is 1. The number of aromatic amines is 1. The molecule has 0 fully saturated rings. The van der Waals surface area contributed by atoms with E-state index in [1.165, 1.54) is 10.9 Å². The molecule has 15 heavy (non-hydrogen) atoms. The Balaban J connectivity index is 2.19. The van der Waals surface area contributed by atoms with Crippen molar-refractivity contribution in [1.82, 2.24) is 4.98 Å². The monoisotopic (exact) mass is 203 g/mol. The molecule has 0 radical (unpaired) electrons. The summed E-state index contributed by atoms with van der Waals surface area (Å²) in [6.07, 6.45) is 0.729. The maximum Gasteiger partial charge on any atom is 0.293 e. The fraction of sp³-hybridized carbons (Fsp3) is 0.250. The molecule has 2 aromatic rings. The summed E-state index contributed by atoms with van der Waals surface area (Å²) in [7, 11) is 0. The van der Waals surface area contributed by atoms with Gasteiger partial charge in [0.2, 0.25) is 0 Å². The molecule has 0 saturated carbocycles. The summed E-state index contributed by atoms with van der Waals surface area (Å²) in [5.74, 6) is 0. The molecule has 2 rings (SSSR count). The van der Waals surface area contributed by atoms with Gasteiger partial charge in [-0.3, -0.25) is 4.79 Å². The molecule has 1 aromatic carbocycles. The third kappa shape index (κ3) is 2.18. The predicted octanol–water partition coefficient (Wildman–Crippen LogP) is 2.19. The Morgan fingerprint density at radius 2 is 2.27 bits per heavy atom. The molecule has 1 N–H and O–H groups in total. The van der Waals surface area contributed by atoms with E-state index < -0.39 is 0 Å². The van der Waals surface area contributed by atoms with Crippen LogP contribution in [-0.4, -0.2) is 18.1 Å². The van der Waals surface area contributed by atoms with Crippen LogP contribution in [0.3, 0.4) is 0 Å². The zero-order valence-electron chi connectivity index (χ0n) is 8.62. The first-order valence-corrected chi connectivity index (χ1v) is 4.93. The number of carbonyl (C=O) groups excluding carboxylic acids is 1. The summed E-state index contributed by atoms with van der Waals surface area (Å²) < 4.78 is 4.66. The smallest absolute Gasteiger partial charge is 0.293 e. The summed E-state index contributed by atoms with van der Waals surface area (Å²) in [6, 6.07) is 8.37. The average Bonchev–Trinajstić information content (AvgIpc) is 2.60. The van der Waals surface area contributed by atoms with Crippen molar-refractivity contribution in [1.29, 1.82) is 0 Å². The van der Waals surface area contributed by atoms with Gasteiger partial charge in [0.1, 0.15) is 0 Å². The minimum absolute atomic E-state index is 0.426. The number of nitrogens with one attached hydrogen (secondary N) is 1. The molecule has 0 amide bonds. The van der Waals surface area contributed by atoms with Crippen LogP contribution in [0, 0.1) is 6.92 Å². The van der Waals surface area contributed by atoms with Crippen molar-refractivity contribution < 1.29 is 9.53 Å². The minimum Gasteiger partial charge on any atom is -0.467 e. The Kier molecular flexibility index (Phi) is 2.72. The molecule has 0 saturated heterocycles. The van der Waals surface area contributed by atoms with Crippen LogP contribution in [0.1, 0.15) is 11.3 Å². The molecule has 0 bridgehead atoms. The summed E-state index contributed by atoms with van der Waals surface area (Å²) in [5, 5.41) is 1.20. The molecule has 0 aliphatic heterocycles. The van der Waals surface area contributed by atoms with E-state index in [4.69, 9.17) is 0 Å². The number of benzene rings is 1. The normalized spacial score (nSPS) is 10.5. The van der Waals surface area contributed by atoms with Crippen LogP contribution >= 0.6 is 0 Å². The van der Waals surface area contributed by atoms with Crippen molar-refractivity contribution in [3.05, 3.63) is 35.5 Å². The molecule has 3 nitrogen and oxygen atoms in total. The van der Waals surface area contributed by atoms with Gasteiger partial charge in [-0.1, -0.05) is 12.1 Å². The number of fused-ring (bicyclic) bond motifs is 1. The van der Waals surface area contributed by atoms with E-state index in [9.17, 15) is 4.79 Å².